The topological polar surface area (TPSA) is 47.7 Å². The molecule has 0 radical (unpaired) electrons. The van der Waals surface area contributed by atoms with Crippen molar-refractivity contribution in [2.75, 3.05) is 47.1 Å². The van der Waals surface area contributed by atoms with Crippen molar-refractivity contribution in [2.45, 2.75) is 38.6 Å². The molecule has 0 aliphatic heterocycles. The van der Waals surface area contributed by atoms with Crippen LogP contribution in [0.4, 0.5) is 0 Å². The first-order chi connectivity index (χ1) is 9.22. The summed E-state index contributed by atoms with van der Waals surface area (Å²) in [6.07, 6.45) is 5.34. The van der Waals surface area contributed by atoms with Gasteiger partial charge in [-0.15, -0.1) is 0 Å². The summed E-state index contributed by atoms with van der Waals surface area (Å²) in [7, 11) is 3.52. The molecular weight excluding hydrogens is 240 g/mol. The van der Waals surface area contributed by atoms with E-state index in [1.165, 1.54) is 25.7 Å². The summed E-state index contributed by atoms with van der Waals surface area (Å²) in [6.45, 7) is 6.54. The van der Waals surface area contributed by atoms with Crippen molar-refractivity contribution < 1.29 is 9.47 Å². The van der Waals surface area contributed by atoms with Gasteiger partial charge in [-0.3, -0.25) is 4.90 Å². The minimum Gasteiger partial charge on any atom is -0.383 e. The van der Waals surface area contributed by atoms with Crippen LogP contribution >= 0.6 is 0 Å². The smallest absolute Gasteiger partial charge is 0.0589 e. The lowest BCUT2D eigenvalue weighted by molar-refractivity contribution is 0.0561. The second-order valence-corrected chi connectivity index (χ2v) is 5.84. The van der Waals surface area contributed by atoms with Gasteiger partial charge in [0.1, 0.15) is 0 Å². The van der Waals surface area contributed by atoms with Crippen molar-refractivity contribution >= 4 is 0 Å². The second-order valence-electron chi connectivity index (χ2n) is 5.84. The van der Waals surface area contributed by atoms with Gasteiger partial charge in [0, 0.05) is 39.9 Å². The average Bonchev–Trinajstić information content (AvgIpc) is 2.43. The molecule has 0 aromatic carbocycles. The molecule has 1 rings (SSSR count). The summed E-state index contributed by atoms with van der Waals surface area (Å²) in [4.78, 5) is 2.47. The maximum atomic E-state index is 6.06. The molecule has 1 fully saturated rings. The lowest BCUT2D eigenvalue weighted by atomic mass is 9.78. The standard InChI is InChI=1S/C15H32N2O2/c1-13-4-6-14(7-5-13)15(12-16)17(8-10-18-2)9-11-19-3/h13-15H,4-12,16H2,1-3H3. The highest BCUT2D eigenvalue weighted by molar-refractivity contribution is 4.84. The summed E-state index contributed by atoms with van der Waals surface area (Å²) in [5, 5.41) is 0. The van der Waals surface area contributed by atoms with Crippen LogP contribution in [0, 0.1) is 11.8 Å². The molecule has 114 valence electrons. The van der Waals surface area contributed by atoms with Crippen molar-refractivity contribution in [1.82, 2.24) is 4.90 Å². The van der Waals surface area contributed by atoms with E-state index in [4.69, 9.17) is 15.2 Å². The van der Waals surface area contributed by atoms with Crippen LogP contribution in [0.5, 0.6) is 0 Å². The van der Waals surface area contributed by atoms with Crippen molar-refractivity contribution in [3.63, 3.8) is 0 Å². The lowest BCUT2D eigenvalue weighted by Crippen LogP contribution is -2.49. The number of nitrogens with zero attached hydrogens (tertiary/aromatic N) is 1. The molecule has 4 nitrogen and oxygen atoms in total. The molecule has 1 aliphatic carbocycles. The number of ether oxygens (including phenoxy) is 2. The van der Waals surface area contributed by atoms with Gasteiger partial charge in [0.2, 0.25) is 0 Å². The third-order valence-electron chi connectivity index (χ3n) is 4.48. The van der Waals surface area contributed by atoms with Crippen molar-refractivity contribution in [3.05, 3.63) is 0 Å². The van der Waals surface area contributed by atoms with Crippen LogP contribution in [0.2, 0.25) is 0 Å². The van der Waals surface area contributed by atoms with E-state index in [2.05, 4.69) is 11.8 Å². The van der Waals surface area contributed by atoms with Gasteiger partial charge >= 0.3 is 0 Å². The SMILES string of the molecule is COCCN(CCOC)C(CN)C1CCC(C)CC1. The normalized spacial score (nSPS) is 25.7. The Morgan fingerprint density at radius 1 is 1.05 bits per heavy atom. The molecule has 1 unspecified atom stereocenters. The fraction of sp³-hybridized carbons (Fsp3) is 1.00. The van der Waals surface area contributed by atoms with Crippen molar-refractivity contribution in [2.24, 2.45) is 17.6 Å². The number of nitrogens with two attached hydrogens (primary N) is 1. The summed E-state index contributed by atoms with van der Waals surface area (Å²) >= 11 is 0. The van der Waals surface area contributed by atoms with Gasteiger partial charge in [-0.05, 0) is 24.7 Å². The van der Waals surface area contributed by atoms with Gasteiger partial charge in [0.15, 0.2) is 0 Å². The molecule has 0 heterocycles. The van der Waals surface area contributed by atoms with Crippen LogP contribution in [-0.2, 0) is 9.47 Å². The van der Waals surface area contributed by atoms with Crippen LogP contribution in [0.25, 0.3) is 0 Å². The van der Waals surface area contributed by atoms with Crippen molar-refractivity contribution in [1.29, 1.82) is 0 Å². The summed E-state index contributed by atoms with van der Waals surface area (Å²) in [5.41, 5.74) is 6.06. The van der Waals surface area contributed by atoms with Crippen LogP contribution < -0.4 is 5.73 Å². The third-order valence-corrected chi connectivity index (χ3v) is 4.48. The van der Waals surface area contributed by atoms with Gasteiger partial charge in [-0.25, -0.2) is 0 Å². The van der Waals surface area contributed by atoms with Crippen LogP contribution in [0.15, 0.2) is 0 Å². The number of hydrogen-bond donors (Lipinski definition) is 1. The first kappa shape index (κ1) is 16.9. The highest BCUT2D eigenvalue weighted by Gasteiger charge is 2.29. The fourth-order valence-corrected chi connectivity index (χ4v) is 3.17. The molecule has 19 heavy (non-hydrogen) atoms. The molecule has 0 bridgehead atoms. The van der Waals surface area contributed by atoms with E-state index in [0.29, 0.717) is 6.04 Å². The van der Waals surface area contributed by atoms with Gasteiger partial charge in [0.05, 0.1) is 13.2 Å². The molecule has 0 aromatic heterocycles. The molecule has 0 amide bonds. The van der Waals surface area contributed by atoms with Gasteiger partial charge in [0.25, 0.3) is 0 Å². The Bertz CT molecular complexity index is 210. The number of hydrogen-bond acceptors (Lipinski definition) is 4. The summed E-state index contributed by atoms with van der Waals surface area (Å²) < 4.78 is 10.5. The van der Waals surface area contributed by atoms with Crippen LogP contribution in [-0.4, -0.2) is 58.0 Å². The van der Waals surface area contributed by atoms with E-state index < -0.39 is 0 Å². The monoisotopic (exact) mass is 272 g/mol. The quantitative estimate of drug-likeness (QED) is 0.694. The predicted octanol–water partition coefficient (Wildman–Crippen LogP) is 1.73. The minimum atomic E-state index is 0.484. The third kappa shape index (κ3) is 5.78. The van der Waals surface area contributed by atoms with Gasteiger partial charge < -0.3 is 15.2 Å². The Morgan fingerprint density at radius 2 is 1.58 bits per heavy atom. The number of methoxy groups -OCH3 is 2. The molecular formula is C15H32N2O2. The number of rotatable bonds is 9. The molecule has 1 atom stereocenters. The minimum absolute atomic E-state index is 0.484. The van der Waals surface area contributed by atoms with Crippen LogP contribution in [0.1, 0.15) is 32.6 Å². The Morgan fingerprint density at radius 3 is 2.00 bits per heavy atom. The summed E-state index contributed by atoms with van der Waals surface area (Å²) in [6, 6.07) is 0.484. The predicted molar refractivity (Wildman–Crippen MR) is 79.3 cm³/mol. The fourth-order valence-electron chi connectivity index (χ4n) is 3.17. The summed E-state index contributed by atoms with van der Waals surface area (Å²) in [5.74, 6) is 1.64. The highest BCUT2D eigenvalue weighted by Crippen LogP contribution is 2.32. The molecule has 1 saturated carbocycles. The van der Waals surface area contributed by atoms with E-state index in [1.807, 2.05) is 0 Å². The van der Waals surface area contributed by atoms with E-state index >= 15 is 0 Å². The molecule has 4 heteroatoms. The molecule has 0 aromatic rings. The van der Waals surface area contributed by atoms with E-state index in [-0.39, 0.29) is 0 Å². The van der Waals surface area contributed by atoms with E-state index in [9.17, 15) is 0 Å². The first-order valence-corrected chi connectivity index (χ1v) is 7.64. The zero-order valence-corrected chi connectivity index (χ0v) is 12.9. The maximum absolute atomic E-state index is 6.06. The second kappa shape index (κ2) is 9.70. The van der Waals surface area contributed by atoms with Crippen LogP contribution in [0.3, 0.4) is 0 Å². The Balaban J connectivity index is 2.54. The average molecular weight is 272 g/mol. The first-order valence-electron chi connectivity index (χ1n) is 7.64. The molecule has 0 saturated heterocycles. The van der Waals surface area contributed by atoms with E-state index in [1.54, 1.807) is 14.2 Å². The van der Waals surface area contributed by atoms with Gasteiger partial charge in [-0.1, -0.05) is 19.8 Å². The zero-order chi connectivity index (χ0) is 14.1. The van der Waals surface area contributed by atoms with E-state index in [0.717, 1.165) is 44.7 Å². The zero-order valence-electron chi connectivity index (χ0n) is 12.9. The molecule has 1 aliphatic rings. The largest absolute Gasteiger partial charge is 0.383 e. The van der Waals surface area contributed by atoms with Gasteiger partial charge in [-0.2, -0.15) is 0 Å². The highest BCUT2D eigenvalue weighted by atomic mass is 16.5. The Kier molecular flexibility index (Phi) is 8.62. The Labute approximate surface area is 118 Å². The molecule has 0 spiro atoms. The van der Waals surface area contributed by atoms with Crippen molar-refractivity contribution in [3.8, 4) is 0 Å². The lowest BCUT2D eigenvalue weighted by Gasteiger charge is -2.39. The molecule has 2 N–H and O–H groups in total. The maximum Gasteiger partial charge on any atom is 0.0589 e. The Hall–Kier alpha value is -0.160.